The molecule has 1 aromatic rings. The number of rotatable bonds is 2. The van der Waals surface area contributed by atoms with Crippen LogP contribution in [0.3, 0.4) is 0 Å². The van der Waals surface area contributed by atoms with Gasteiger partial charge in [-0.1, -0.05) is 0 Å². The van der Waals surface area contributed by atoms with Crippen molar-refractivity contribution < 1.29 is 9.53 Å². The maximum absolute atomic E-state index is 11.9. The summed E-state index contributed by atoms with van der Waals surface area (Å²) in [6.45, 7) is 0.653. The van der Waals surface area contributed by atoms with Gasteiger partial charge in [-0.3, -0.25) is 4.79 Å². The summed E-state index contributed by atoms with van der Waals surface area (Å²) >= 11 is 4.77. The maximum atomic E-state index is 11.9. The van der Waals surface area contributed by atoms with Gasteiger partial charge in [-0.2, -0.15) is 0 Å². The molecule has 2 rings (SSSR count). The van der Waals surface area contributed by atoms with E-state index in [4.69, 9.17) is 4.74 Å². The van der Waals surface area contributed by atoms with E-state index in [0.29, 0.717) is 12.4 Å². The number of ketones is 1. The fourth-order valence-electron chi connectivity index (χ4n) is 1.28. The SMILES string of the molecule is O=C(C1=CCCCO1)c1sccc1Br. The molecule has 0 amide bonds. The van der Waals surface area contributed by atoms with E-state index < -0.39 is 0 Å². The van der Waals surface area contributed by atoms with Gasteiger partial charge in [0.1, 0.15) is 0 Å². The highest BCUT2D eigenvalue weighted by atomic mass is 79.9. The molecule has 1 aromatic heterocycles. The molecule has 0 bridgehead atoms. The zero-order valence-corrected chi connectivity index (χ0v) is 9.86. The molecule has 1 aliphatic heterocycles. The van der Waals surface area contributed by atoms with Crippen molar-refractivity contribution in [3.8, 4) is 0 Å². The lowest BCUT2D eigenvalue weighted by atomic mass is 10.2. The van der Waals surface area contributed by atoms with E-state index in [0.717, 1.165) is 22.2 Å². The minimum atomic E-state index is -0.00780. The van der Waals surface area contributed by atoms with Crippen molar-refractivity contribution in [2.45, 2.75) is 12.8 Å². The van der Waals surface area contributed by atoms with Crippen molar-refractivity contribution >= 4 is 33.0 Å². The van der Waals surface area contributed by atoms with Crippen molar-refractivity contribution in [2.75, 3.05) is 6.61 Å². The Bertz CT molecular complexity index is 381. The lowest BCUT2D eigenvalue weighted by Gasteiger charge is -2.12. The highest BCUT2D eigenvalue weighted by Crippen LogP contribution is 2.26. The number of thiophene rings is 1. The van der Waals surface area contributed by atoms with Crippen molar-refractivity contribution in [1.82, 2.24) is 0 Å². The van der Waals surface area contributed by atoms with Gasteiger partial charge in [-0.05, 0) is 46.3 Å². The van der Waals surface area contributed by atoms with E-state index >= 15 is 0 Å². The molecule has 0 saturated heterocycles. The average molecular weight is 273 g/mol. The number of Topliss-reactive ketones (excluding diaryl/α,β-unsaturated/α-hetero) is 1. The second-order valence-electron chi connectivity index (χ2n) is 2.99. The van der Waals surface area contributed by atoms with E-state index in [2.05, 4.69) is 15.9 Å². The first-order valence-corrected chi connectivity index (χ1v) is 6.07. The molecule has 0 atom stereocenters. The van der Waals surface area contributed by atoms with Crippen LogP contribution in [0, 0.1) is 0 Å². The quantitative estimate of drug-likeness (QED) is 0.772. The Morgan fingerprint density at radius 3 is 3.00 bits per heavy atom. The Morgan fingerprint density at radius 1 is 1.57 bits per heavy atom. The summed E-state index contributed by atoms with van der Waals surface area (Å²) in [4.78, 5) is 12.6. The molecule has 74 valence electrons. The zero-order valence-electron chi connectivity index (χ0n) is 7.46. The summed E-state index contributed by atoms with van der Waals surface area (Å²) in [5.41, 5.74) is 0. The van der Waals surface area contributed by atoms with Crippen LogP contribution in [0.2, 0.25) is 0 Å². The lowest BCUT2D eigenvalue weighted by Crippen LogP contribution is -2.10. The molecule has 4 heteroatoms. The van der Waals surface area contributed by atoms with Gasteiger partial charge in [0, 0.05) is 4.47 Å². The van der Waals surface area contributed by atoms with Gasteiger partial charge in [-0.15, -0.1) is 11.3 Å². The molecule has 0 aliphatic carbocycles. The molecule has 0 N–H and O–H groups in total. The normalized spacial score (nSPS) is 15.9. The number of allylic oxidation sites excluding steroid dienone is 2. The maximum Gasteiger partial charge on any atom is 0.238 e. The number of carbonyl (C=O) groups excluding carboxylic acids is 1. The summed E-state index contributed by atoms with van der Waals surface area (Å²) in [6.07, 6.45) is 3.81. The van der Waals surface area contributed by atoms with E-state index in [1.807, 2.05) is 17.5 Å². The van der Waals surface area contributed by atoms with Crippen molar-refractivity contribution in [2.24, 2.45) is 0 Å². The largest absolute Gasteiger partial charge is 0.490 e. The molecule has 2 heterocycles. The molecule has 1 aliphatic rings. The smallest absolute Gasteiger partial charge is 0.238 e. The van der Waals surface area contributed by atoms with Crippen molar-refractivity contribution in [1.29, 1.82) is 0 Å². The molecule has 2 nitrogen and oxygen atoms in total. The third kappa shape index (κ3) is 1.91. The third-order valence-corrected chi connectivity index (χ3v) is 3.82. The van der Waals surface area contributed by atoms with Gasteiger partial charge >= 0.3 is 0 Å². The van der Waals surface area contributed by atoms with Gasteiger partial charge in [0.15, 0.2) is 5.76 Å². The predicted octanol–water partition coefficient (Wildman–Crippen LogP) is 3.39. The molecule has 0 spiro atoms. The standard InChI is InChI=1S/C10H9BrO2S/c11-7-4-6-14-10(7)9(12)8-3-1-2-5-13-8/h3-4,6H,1-2,5H2. The van der Waals surface area contributed by atoms with Crippen molar-refractivity contribution in [3.63, 3.8) is 0 Å². The van der Waals surface area contributed by atoms with Crippen LogP contribution in [-0.2, 0) is 4.74 Å². The predicted molar refractivity (Wildman–Crippen MR) is 59.6 cm³/mol. The number of ether oxygens (including phenoxy) is 1. The molecule has 0 aromatic carbocycles. The molecule has 0 fully saturated rings. The molecule has 0 unspecified atom stereocenters. The Kier molecular flexibility index (Phi) is 3.03. The number of carbonyl (C=O) groups is 1. The van der Waals surface area contributed by atoms with Gasteiger partial charge in [0.2, 0.25) is 5.78 Å². The third-order valence-electron chi connectivity index (χ3n) is 1.98. The monoisotopic (exact) mass is 272 g/mol. The Hall–Kier alpha value is -0.610. The summed E-state index contributed by atoms with van der Waals surface area (Å²) in [6, 6.07) is 1.88. The topological polar surface area (TPSA) is 26.3 Å². The molecule has 0 saturated carbocycles. The fraction of sp³-hybridized carbons (Fsp3) is 0.300. The van der Waals surface area contributed by atoms with Gasteiger partial charge in [-0.25, -0.2) is 0 Å². The van der Waals surface area contributed by atoms with Gasteiger partial charge in [0.05, 0.1) is 11.5 Å². The first-order valence-electron chi connectivity index (χ1n) is 4.39. The van der Waals surface area contributed by atoms with Crippen LogP contribution in [0.5, 0.6) is 0 Å². The summed E-state index contributed by atoms with van der Waals surface area (Å²) in [7, 11) is 0. The second kappa shape index (κ2) is 4.28. The van der Waals surface area contributed by atoms with E-state index in [-0.39, 0.29) is 5.78 Å². The highest BCUT2D eigenvalue weighted by Gasteiger charge is 2.19. The first kappa shape index (κ1) is 9.93. The van der Waals surface area contributed by atoms with Crippen LogP contribution in [-0.4, -0.2) is 12.4 Å². The van der Waals surface area contributed by atoms with Crippen LogP contribution in [0.25, 0.3) is 0 Å². The average Bonchev–Trinajstić information content (AvgIpc) is 2.65. The minimum Gasteiger partial charge on any atom is -0.490 e. The molecule has 14 heavy (non-hydrogen) atoms. The Balaban J connectivity index is 2.23. The highest BCUT2D eigenvalue weighted by molar-refractivity contribution is 9.10. The summed E-state index contributed by atoms with van der Waals surface area (Å²) in [5, 5.41) is 1.89. The Morgan fingerprint density at radius 2 is 2.43 bits per heavy atom. The van der Waals surface area contributed by atoms with Gasteiger partial charge in [0.25, 0.3) is 0 Å². The minimum absolute atomic E-state index is 0.00780. The number of hydrogen-bond acceptors (Lipinski definition) is 3. The van der Waals surface area contributed by atoms with E-state index in [9.17, 15) is 4.79 Å². The van der Waals surface area contributed by atoms with E-state index in [1.165, 1.54) is 11.3 Å². The molecule has 0 radical (unpaired) electrons. The second-order valence-corrected chi connectivity index (χ2v) is 4.76. The van der Waals surface area contributed by atoms with Crippen molar-refractivity contribution in [3.05, 3.63) is 32.6 Å². The zero-order chi connectivity index (χ0) is 9.97. The van der Waals surface area contributed by atoms with Crippen LogP contribution in [0.1, 0.15) is 22.5 Å². The summed E-state index contributed by atoms with van der Waals surface area (Å²) < 4.78 is 6.17. The molecular formula is C10H9BrO2S. The summed E-state index contributed by atoms with van der Waals surface area (Å²) in [5.74, 6) is 0.492. The van der Waals surface area contributed by atoms with Gasteiger partial charge < -0.3 is 4.74 Å². The van der Waals surface area contributed by atoms with Crippen LogP contribution in [0.15, 0.2) is 27.8 Å². The Labute approximate surface area is 94.7 Å². The number of halogens is 1. The lowest BCUT2D eigenvalue weighted by molar-refractivity contribution is 0.0902. The fourth-order valence-corrected chi connectivity index (χ4v) is 2.78. The molecular weight excluding hydrogens is 264 g/mol. The van der Waals surface area contributed by atoms with Crippen LogP contribution in [0.4, 0.5) is 0 Å². The van der Waals surface area contributed by atoms with E-state index in [1.54, 1.807) is 0 Å². The van der Waals surface area contributed by atoms with Crippen LogP contribution < -0.4 is 0 Å². The number of hydrogen-bond donors (Lipinski definition) is 0. The van der Waals surface area contributed by atoms with Crippen LogP contribution >= 0.6 is 27.3 Å². The first-order chi connectivity index (χ1) is 6.79.